The van der Waals surface area contributed by atoms with Crippen LogP contribution in [0.4, 0.5) is 22.0 Å². The fraction of sp³-hybridized carbons (Fsp3) is 0.233. The summed E-state index contributed by atoms with van der Waals surface area (Å²) in [6.07, 6.45) is 7.55. The lowest BCUT2D eigenvalue weighted by Crippen LogP contribution is -2.20. The van der Waals surface area contributed by atoms with Gasteiger partial charge in [0.2, 0.25) is 11.9 Å². The highest BCUT2D eigenvalue weighted by Gasteiger charge is 2.27. The lowest BCUT2D eigenvalue weighted by Gasteiger charge is -2.16. The maximum absolute atomic E-state index is 15.2. The average molecular weight is 549 g/mol. The van der Waals surface area contributed by atoms with Gasteiger partial charge < -0.3 is 20.7 Å². The van der Waals surface area contributed by atoms with Crippen LogP contribution in [0.2, 0.25) is 0 Å². The van der Waals surface area contributed by atoms with Crippen LogP contribution in [0.1, 0.15) is 54.5 Å². The number of aliphatic hydroxyl groups is 1. The SMILES string of the molecule is N#Cc1cc(Nc2nc(N)nc(-c3cccc(-n4ccc5cc(C6CC6)cc(F)c5c4=O)c3CO)n2)cn1C1CC1. The third-order valence-corrected chi connectivity index (χ3v) is 7.65. The summed E-state index contributed by atoms with van der Waals surface area (Å²) in [6, 6.07) is 14.4. The number of nitrogens with zero attached hydrogens (tertiary/aromatic N) is 6. The summed E-state index contributed by atoms with van der Waals surface area (Å²) in [7, 11) is 0. The van der Waals surface area contributed by atoms with E-state index in [1.165, 1.54) is 10.6 Å². The molecular formula is C30H25FN8O2. The van der Waals surface area contributed by atoms with Gasteiger partial charge in [0.1, 0.15) is 17.6 Å². The standard InChI is InChI=1S/C30H25FN8O2/c31-24-11-18(16-4-5-16)10-17-8-9-38(28(41)26(17)24)25-3-1-2-22(23(25)15-40)27-35-29(33)37-30(36-27)34-19-12-21(13-32)39(14-19)20-6-7-20/h1-3,8-12,14,16,20,40H,4-7,15H2,(H3,33,34,35,36,37). The Morgan fingerprint density at radius 2 is 1.95 bits per heavy atom. The van der Waals surface area contributed by atoms with Crippen molar-refractivity contribution in [2.75, 3.05) is 11.1 Å². The van der Waals surface area contributed by atoms with Gasteiger partial charge in [0, 0.05) is 29.6 Å². The third-order valence-electron chi connectivity index (χ3n) is 7.65. The molecule has 41 heavy (non-hydrogen) atoms. The Kier molecular flexibility index (Phi) is 5.80. The molecule has 0 unspecified atom stereocenters. The van der Waals surface area contributed by atoms with Gasteiger partial charge in [-0.25, -0.2) is 4.39 Å². The Bertz CT molecular complexity index is 1950. The van der Waals surface area contributed by atoms with Crippen molar-refractivity contribution in [2.45, 2.75) is 44.2 Å². The summed E-state index contributed by atoms with van der Waals surface area (Å²) in [5.74, 6) is 0.0947. The summed E-state index contributed by atoms with van der Waals surface area (Å²) in [6.45, 7) is -0.441. The van der Waals surface area contributed by atoms with Crippen molar-refractivity contribution in [3.8, 4) is 23.1 Å². The molecule has 0 aliphatic heterocycles. The molecule has 2 fully saturated rings. The molecule has 3 aromatic heterocycles. The monoisotopic (exact) mass is 548 g/mol. The highest BCUT2D eigenvalue weighted by atomic mass is 19.1. The van der Waals surface area contributed by atoms with E-state index in [0.29, 0.717) is 45.5 Å². The number of pyridine rings is 1. The predicted molar refractivity (Wildman–Crippen MR) is 151 cm³/mol. The second kappa shape index (κ2) is 9.53. The van der Waals surface area contributed by atoms with Crippen LogP contribution in [-0.4, -0.2) is 29.2 Å². The number of aliphatic hydroxyl groups excluding tert-OH is 1. The zero-order chi connectivity index (χ0) is 28.2. The molecule has 2 aliphatic carbocycles. The molecular weight excluding hydrogens is 523 g/mol. The van der Waals surface area contributed by atoms with Gasteiger partial charge in [-0.2, -0.15) is 20.2 Å². The number of hydrogen-bond acceptors (Lipinski definition) is 8. The van der Waals surface area contributed by atoms with Crippen LogP contribution in [0.5, 0.6) is 0 Å². The van der Waals surface area contributed by atoms with Gasteiger partial charge in [-0.15, -0.1) is 0 Å². The number of anilines is 3. The first-order valence-corrected chi connectivity index (χ1v) is 13.4. The van der Waals surface area contributed by atoms with Gasteiger partial charge in [-0.1, -0.05) is 18.2 Å². The topological polar surface area (TPSA) is 148 Å². The van der Waals surface area contributed by atoms with Crippen molar-refractivity contribution in [3.63, 3.8) is 0 Å². The quantitative estimate of drug-likeness (QED) is 0.265. The van der Waals surface area contributed by atoms with Crippen LogP contribution in [0.15, 0.2) is 59.7 Å². The minimum absolute atomic E-state index is 0.00282. The van der Waals surface area contributed by atoms with Gasteiger partial charge >= 0.3 is 0 Å². The molecule has 0 bridgehead atoms. The molecule has 0 spiro atoms. The minimum Gasteiger partial charge on any atom is -0.392 e. The van der Waals surface area contributed by atoms with Crippen LogP contribution < -0.4 is 16.6 Å². The Morgan fingerprint density at radius 3 is 2.68 bits per heavy atom. The fourth-order valence-electron chi connectivity index (χ4n) is 5.36. The molecule has 7 rings (SSSR count). The van der Waals surface area contributed by atoms with Gasteiger partial charge in [-0.05, 0) is 66.8 Å². The minimum atomic E-state index is -0.554. The normalized spacial score (nSPS) is 14.8. The van der Waals surface area contributed by atoms with E-state index in [1.807, 2.05) is 16.8 Å². The zero-order valence-electron chi connectivity index (χ0n) is 21.9. The number of nitrogens with two attached hydrogens (primary N) is 1. The molecule has 2 aliphatic rings. The molecule has 0 radical (unpaired) electrons. The third kappa shape index (κ3) is 4.48. The van der Waals surface area contributed by atoms with E-state index in [2.05, 4.69) is 26.3 Å². The van der Waals surface area contributed by atoms with E-state index < -0.39 is 18.0 Å². The molecule has 204 valence electrons. The molecule has 5 aromatic rings. The van der Waals surface area contributed by atoms with Gasteiger partial charge in [-0.3, -0.25) is 9.36 Å². The average Bonchev–Trinajstić information content (AvgIpc) is 3.90. The largest absolute Gasteiger partial charge is 0.392 e. The number of nitrogen functional groups attached to an aromatic ring is 1. The van der Waals surface area contributed by atoms with E-state index in [4.69, 9.17) is 5.73 Å². The first kappa shape index (κ1) is 24.9. The van der Waals surface area contributed by atoms with E-state index in [0.717, 1.165) is 31.2 Å². The van der Waals surface area contributed by atoms with E-state index >= 15 is 4.39 Å². The predicted octanol–water partition coefficient (Wildman–Crippen LogP) is 4.69. The second-order valence-corrected chi connectivity index (χ2v) is 10.5. The van der Waals surface area contributed by atoms with Crippen molar-refractivity contribution in [1.82, 2.24) is 24.1 Å². The molecule has 3 heterocycles. The summed E-state index contributed by atoms with van der Waals surface area (Å²) in [5, 5.41) is 23.6. The van der Waals surface area contributed by atoms with E-state index in [9.17, 15) is 15.2 Å². The Balaban J connectivity index is 1.29. The summed E-state index contributed by atoms with van der Waals surface area (Å²) < 4.78 is 18.4. The molecule has 4 N–H and O–H groups in total. The van der Waals surface area contributed by atoms with Crippen molar-refractivity contribution >= 4 is 28.4 Å². The molecule has 0 amide bonds. The van der Waals surface area contributed by atoms with Crippen LogP contribution in [0.25, 0.3) is 27.8 Å². The molecule has 2 aromatic carbocycles. The maximum Gasteiger partial charge on any atom is 0.265 e. The Morgan fingerprint density at radius 1 is 1.12 bits per heavy atom. The molecule has 0 atom stereocenters. The highest BCUT2D eigenvalue weighted by molar-refractivity contribution is 5.83. The first-order chi connectivity index (χ1) is 19.9. The smallest absolute Gasteiger partial charge is 0.265 e. The van der Waals surface area contributed by atoms with Gasteiger partial charge in [0.15, 0.2) is 5.82 Å². The number of hydrogen-bond donors (Lipinski definition) is 3. The van der Waals surface area contributed by atoms with Crippen LogP contribution in [0, 0.1) is 17.1 Å². The lowest BCUT2D eigenvalue weighted by molar-refractivity contribution is 0.282. The number of halogens is 1. The molecule has 2 saturated carbocycles. The summed E-state index contributed by atoms with van der Waals surface area (Å²) in [5.41, 5.74) is 8.76. The van der Waals surface area contributed by atoms with Crippen molar-refractivity contribution < 1.29 is 9.50 Å². The first-order valence-electron chi connectivity index (χ1n) is 13.4. The summed E-state index contributed by atoms with van der Waals surface area (Å²) >= 11 is 0. The highest BCUT2D eigenvalue weighted by Crippen LogP contribution is 2.41. The van der Waals surface area contributed by atoms with E-state index in [-0.39, 0.29) is 23.1 Å². The van der Waals surface area contributed by atoms with Gasteiger partial charge in [0.25, 0.3) is 5.56 Å². The van der Waals surface area contributed by atoms with Gasteiger partial charge in [0.05, 0.1) is 23.4 Å². The number of fused-ring (bicyclic) bond motifs is 1. The van der Waals surface area contributed by atoms with Crippen LogP contribution in [-0.2, 0) is 6.61 Å². The maximum atomic E-state index is 15.2. The number of benzene rings is 2. The van der Waals surface area contributed by atoms with E-state index in [1.54, 1.807) is 36.5 Å². The van der Waals surface area contributed by atoms with Crippen molar-refractivity contribution in [3.05, 3.63) is 87.9 Å². The van der Waals surface area contributed by atoms with Crippen LogP contribution in [0.3, 0.4) is 0 Å². The van der Waals surface area contributed by atoms with Crippen molar-refractivity contribution in [2.24, 2.45) is 0 Å². The fourth-order valence-corrected chi connectivity index (χ4v) is 5.36. The zero-order valence-corrected chi connectivity index (χ0v) is 21.9. The molecule has 0 saturated heterocycles. The Labute approximate surface area is 233 Å². The Hall–Kier alpha value is -5.08. The number of rotatable bonds is 7. The number of nitrogens with one attached hydrogen (secondary N) is 1. The second-order valence-electron chi connectivity index (χ2n) is 10.5. The summed E-state index contributed by atoms with van der Waals surface area (Å²) in [4.78, 5) is 26.5. The molecule has 11 heteroatoms. The van der Waals surface area contributed by atoms with Crippen LogP contribution >= 0.6 is 0 Å². The molecule has 10 nitrogen and oxygen atoms in total. The van der Waals surface area contributed by atoms with Crippen molar-refractivity contribution in [1.29, 1.82) is 5.26 Å². The lowest BCUT2D eigenvalue weighted by atomic mass is 10.0. The number of nitriles is 1. The number of aromatic nitrogens is 5.